The molecular formula is C22H18ClF4NO8. The van der Waals surface area contributed by atoms with Crippen molar-refractivity contribution in [2.45, 2.75) is 42.5 Å². The number of methoxy groups -OCH3 is 1. The van der Waals surface area contributed by atoms with E-state index < -0.39 is 76.7 Å². The number of carbonyl (C=O) groups excluding carboxylic acids is 1. The zero-order chi connectivity index (χ0) is 26.7. The van der Waals surface area contributed by atoms with Gasteiger partial charge in [-0.3, -0.25) is 9.69 Å². The SMILES string of the molecule is COc1ccc(Cl)cc1C1(F)C(=O)N(C2O[C@H](C(=O)O)[C@@H](O)[C@H](O)[C@H]2O)c2cc(C(F)(F)F)ccc21. The average Bonchev–Trinajstić information content (AvgIpc) is 3.04. The number of rotatable bonds is 4. The number of aliphatic hydroxyl groups excluding tert-OH is 3. The van der Waals surface area contributed by atoms with Gasteiger partial charge in [0.05, 0.1) is 18.4 Å². The first kappa shape index (κ1) is 26.1. The van der Waals surface area contributed by atoms with Crippen LogP contribution in [0.15, 0.2) is 36.4 Å². The number of hydrogen-bond acceptors (Lipinski definition) is 7. The molecule has 2 aliphatic heterocycles. The van der Waals surface area contributed by atoms with Crippen LogP contribution in [0.3, 0.4) is 0 Å². The molecule has 2 unspecified atom stereocenters. The minimum Gasteiger partial charge on any atom is -0.496 e. The van der Waals surface area contributed by atoms with Gasteiger partial charge in [0.2, 0.25) is 5.67 Å². The van der Waals surface area contributed by atoms with Gasteiger partial charge in [0.15, 0.2) is 12.3 Å². The quantitative estimate of drug-likeness (QED) is 0.435. The molecule has 0 spiro atoms. The number of carbonyl (C=O) groups is 2. The summed E-state index contributed by atoms with van der Waals surface area (Å²) in [4.78, 5) is 25.4. The van der Waals surface area contributed by atoms with Crippen LogP contribution in [0.2, 0.25) is 5.02 Å². The number of ether oxygens (including phenoxy) is 2. The lowest BCUT2D eigenvalue weighted by atomic mass is 9.88. The molecule has 1 amide bonds. The van der Waals surface area contributed by atoms with Gasteiger partial charge in [-0.1, -0.05) is 17.7 Å². The highest BCUT2D eigenvalue weighted by Crippen LogP contribution is 2.53. The molecular weight excluding hydrogens is 518 g/mol. The van der Waals surface area contributed by atoms with Gasteiger partial charge in [-0.25, -0.2) is 9.18 Å². The van der Waals surface area contributed by atoms with Crippen LogP contribution in [0.25, 0.3) is 0 Å². The van der Waals surface area contributed by atoms with Gasteiger partial charge < -0.3 is 29.9 Å². The van der Waals surface area contributed by atoms with Gasteiger partial charge in [-0.2, -0.15) is 13.2 Å². The molecule has 194 valence electrons. The number of hydrogen-bond donors (Lipinski definition) is 4. The predicted octanol–water partition coefficient (Wildman–Crippen LogP) is 1.82. The molecule has 1 saturated heterocycles. The van der Waals surface area contributed by atoms with E-state index in [0.29, 0.717) is 23.1 Å². The third kappa shape index (κ3) is 3.87. The molecule has 0 radical (unpaired) electrons. The number of benzene rings is 2. The number of anilines is 1. The Labute approximate surface area is 205 Å². The van der Waals surface area contributed by atoms with Crippen molar-refractivity contribution in [2.24, 2.45) is 0 Å². The van der Waals surface area contributed by atoms with E-state index in [1.807, 2.05) is 0 Å². The zero-order valence-electron chi connectivity index (χ0n) is 18.1. The topological polar surface area (TPSA) is 137 Å². The Hall–Kier alpha value is -2.97. The van der Waals surface area contributed by atoms with E-state index in [-0.39, 0.29) is 10.8 Å². The molecule has 36 heavy (non-hydrogen) atoms. The highest BCUT2D eigenvalue weighted by molar-refractivity contribution is 6.30. The molecule has 0 saturated carbocycles. The summed E-state index contributed by atoms with van der Waals surface area (Å²) in [6.07, 6.45) is -15.9. The van der Waals surface area contributed by atoms with Gasteiger partial charge in [-0.15, -0.1) is 0 Å². The molecule has 9 nitrogen and oxygen atoms in total. The second-order valence-electron chi connectivity index (χ2n) is 8.17. The standard InChI is InChI=1S/C22H18ClF4NO8/c1-35-13-5-3-9(23)7-11(13)21(24)10-4-2-8(22(25,26)27)6-12(10)28(20(21)34)18-16(31)14(29)15(30)17(36-18)19(32)33/h2-7,14-18,29-31H,1H3,(H,32,33)/t14-,15-,16+,17-,18?,21?/m0/s1. The van der Waals surface area contributed by atoms with Crippen LogP contribution in [0.1, 0.15) is 16.7 Å². The van der Waals surface area contributed by atoms with Crippen LogP contribution in [0.5, 0.6) is 5.75 Å². The van der Waals surface area contributed by atoms with Gasteiger partial charge in [0.1, 0.15) is 24.1 Å². The zero-order valence-corrected chi connectivity index (χ0v) is 18.9. The lowest BCUT2D eigenvalue weighted by Crippen LogP contribution is -2.65. The van der Waals surface area contributed by atoms with E-state index >= 15 is 4.39 Å². The van der Waals surface area contributed by atoms with Crippen molar-refractivity contribution in [3.05, 3.63) is 58.1 Å². The maximum Gasteiger partial charge on any atom is 0.416 e. The minimum absolute atomic E-state index is 0.0408. The summed E-state index contributed by atoms with van der Waals surface area (Å²) >= 11 is 5.98. The Bertz CT molecular complexity index is 1230. The van der Waals surface area contributed by atoms with Gasteiger partial charge in [0.25, 0.3) is 5.91 Å². The second-order valence-corrected chi connectivity index (χ2v) is 8.60. The van der Waals surface area contributed by atoms with E-state index in [2.05, 4.69) is 0 Å². The van der Waals surface area contributed by atoms with Crippen LogP contribution < -0.4 is 9.64 Å². The predicted molar refractivity (Wildman–Crippen MR) is 113 cm³/mol. The fraction of sp³-hybridized carbons (Fsp3) is 0.364. The molecule has 2 heterocycles. The average molecular weight is 536 g/mol. The number of aliphatic carboxylic acids is 1. The van der Waals surface area contributed by atoms with Crippen LogP contribution in [0, 0.1) is 0 Å². The smallest absolute Gasteiger partial charge is 0.416 e. The third-order valence-electron chi connectivity index (χ3n) is 6.09. The van der Waals surface area contributed by atoms with Crippen molar-refractivity contribution < 1.29 is 57.1 Å². The summed E-state index contributed by atoms with van der Waals surface area (Å²) in [6, 6.07) is 5.25. The van der Waals surface area contributed by atoms with Crippen LogP contribution in [-0.2, 0) is 26.2 Å². The maximum absolute atomic E-state index is 16.9. The summed E-state index contributed by atoms with van der Waals surface area (Å²) in [5, 5.41) is 39.9. The molecule has 1 fully saturated rings. The fourth-order valence-electron chi connectivity index (χ4n) is 4.33. The summed E-state index contributed by atoms with van der Waals surface area (Å²) in [6.45, 7) is 0. The number of carboxylic acid groups (broad SMARTS) is 1. The molecule has 14 heteroatoms. The van der Waals surface area contributed by atoms with Gasteiger partial charge in [-0.05, 0) is 30.3 Å². The highest BCUT2D eigenvalue weighted by atomic mass is 35.5. The number of amides is 1. The Balaban J connectivity index is 1.96. The Morgan fingerprint density at radius 3 is 2.33 bits per heavy atom. The largest absolute Gasteiger partial charge is 0.496 e. The van der Waals surface area contributed by atoms with Crippen LogP contribution >= 0.6 is 11.6 Å². The van der Waals surface area contributed by atoms with E-state index in [1.165, 1.54) is 12.1 Å². The first-order valence-corrected chi connectivity index (χ1v) is 10.6. The highest BCUT2D eigenvalue weighted by Gasteiger charge is 2.60. The molecule has 2 aromatic carbocycles. The molecule has 4 rings (SSSR count). The number of halogens is 5. The molecule has 6 atom stereocenters. The van der Waals surface area contributed by atoms with Gasteiger partial charge >= 0.3 is 12.1 Å². The van der Waals surface area contributed by atoms with Crippen molar-refractivity contribution in [1.29, 1.82) is 0 Å². The normalized spacial score (nSPS) is 30.3. The monoisotopic (exact) mass is 535 g/mol. The molecule has 0 bridgehead atoms. The van der Waals surface area contributed by atoms with Crippen molar-refractivity contribution in [2.75, 3.05) is 12.0 Å². The number of aliphatic hydroxyl groups is 3. The summed E-state index contributed by atoms with van der Waals surface area (Å²) in [5.74, 6) is -3.57. The number of nitrogens with zero attached hydrogens (tertiary/aromatic N) is 1. The lowest BCUT2D eigenvalue weighted by molar-refractivity contribution is -0.227. The van der Waals surface area contributed by atoms with E-state index in [9.17, 15) is 43.2 Å². The molecule has 2 aromatic rings. The molecule has 4 N–H and O–H groups in total. The third-order valence-corrected chi connectivity index (χ3v) is 6.32. The van der Waals surface area contributed by atoms with Crippen molar-refractivity contribution >= 4 is 29.2 Å². The van der Waals surface area contributed by atoms with Gasteiger partial charge in [0, 0.05) is 16.1 Å². The van der Waals surface area contributed by atoms with E-state index in [0.717, 1.165) is 13.2 Å². The van der Waals surface area contributed by atoms with E-state index in [1.54, 1.807) is 0 Å². The lowest BCUT2D eigenvalue weighted by Gasteiger charge is -2.42. The molecule has 0 aliphatic carbocycles. The Morgan fingerprint density at radius 1 is 1.08 bits per heavy atom. The maximum atomic E-state index is 16.9. The first-order valence-electron chi connectivity index (χ1n) is 10.2. The second kappa shape index (κ2) is 8.85. The number of fused-ring (bicyclic) bond motifs is 1. The van der Waals surface area contributed by atoms with Crippen LogP contribution in [-0.4, -0.2) is 70.1 Å². The fourth-order valence-corrected chi connectivity index (χ4v) is 4.50. The van der Waals surface area contributed by atoms with Crippen LogP contribution in [0.4, 0.5) is 23.2 Å². The summed E-state index contributed by atoms with van der Waals surface area (Å²) in [5.41, 5.74) is -6.31. The Morgan fingerprint density at radius 2 is 1.75 bits per heavy atom. The van der Waals surface area contributed by atoms with Crippen molar-refractivity contribution in [3.8, 4) is 5.75 Å². The minimum atomic E-state index is -4.93. The first-order chi connectivity index (χ1) is 16.7. The summed E-state index contributed by atoms with van der Waals surface area (Å²) in [7, 11) is 1.16. The van der Waals surface area contributed by atoms with E-state index in [4.69, 9.17) is 21.1 Å². The Kier molecular flexibility index (Phi) is 6.42. The molecule has 0 aromatic heterocycles. The molecule has 2 aliphatic rings. The number of carboxylic acids is 1. The number of alkyl halides is 4. The van der Waals surface area contributed by atoms with Crippen molar-refractivity contribution in [3.63, 3.8) is 0 Å². The van der Waals surface area contributed by atoms with Crippen molar-refractivity contribution in [1.82, 2.24) is 0 Å². The summed E-state index contributed by atoms with van der Waals surface area (Å²) < 4.78 is 67.6.